The smallest absolute Gasteiger partial charge is 0.444 e. The van der Waals surface area contributed by atoms with Crippen molar-refractivity contribution in [2.75, 3.05) is 0 Å². The largest absolute Gasteiger partial charge is 2.00 e. The Balaban J connectivity index is -0.0000000107. The van der Waals surface area contributed by atoms with Crippen LogP contribution in [0, 0.1) is 40.5 Å². The maximum Gasteiger partial charge on any atom is 2.00 e. The monoisotopic (exact) mass is 326 g/mol. The summed E-state index contributed by atoms with van der Waals surface area (Å²) in [7, 11) is 0. The molecule has 0 unspecified atom stereocenters. The van der Waals surface area contributed by atoms with Crippen LogP contribution in [-0.4, -0.2) is 0 Å². The van der Waals surface area contributed by atoms with Gasteiger partial charge in [0.05, 0.1) is 0 Å². The van der Waals surface area contributed by atoms with Gasteiger partial charge in [0.1, 0.15) is 0 Å². The summed E-state index contributed by atoms with van der Waals surface area (Å²) in [6.07, 6.45) is 0. The van der Waals surface area contributed by atoms with Crippen molar-refractivity contribution in [3.63, 3.8) is 0 Å². The third-order valence-electron chi connectivity index (χ3n) is 0. The molecule has 14 nitrogen and oxygen atoms in total. The van der Waals surface area contributed by atoms with Gasteiger partial charge in [-0.1, -0.05) is 0 Å². The van der Waals surface area contributed by atoms with Crippen LogP contribution in [-0.2, 0) is 20.4 Å². The van der Waals surface area contributed by atoms with E-state index in [0.29, 0.717) is 0 Å². The Morgan fingerprint density at radius 3 is 0.533 bits per heavy atom. The molecule has 0 aliphatic heterocycles. The van der Waals surface area contributed by atoms with Crippen LogP contribution in [0.5, 0.6) is 0 Å². The van der Waals surface area contributed by atoms with E-state index in [1.54, 1.807) is 0 Å². The molecule has 0 spiro atoms. The summed E-state index contributed by atoms with van der Waals surface area (Å²) >= 11 is 0. The van der Waals surface area contributed by atoms with Gasteiger partial charge in [0.15, 0.2) is 0 Å². The van der Waals surface area contributed by atoms with Gasteiger partial charge < -0.3 is 52.8 Å². The molecule has 0 heterocycles. The molecule has 15 heavy (non-hydrogen) atoms. The second-order valence-electron chi connectivity index (χ2n) is 0.298. The van der Waals surface area contributed by atoms with Crippen LogP contribution in [0.2, 0.25) is 0 Å². The number of quaternary nitrogens is 2. The maximum absolute atomic E-state index is 8.00. The standard InChI is InChI=1S/4HNO2.2H3N.Pd/c4*2-1-3;;;/h4*(H,2,3);2*1H3;/q;;;;;;+2/p-2. The molecule has 0 atom stereocenters. The van der Waals surface area contributed by atoms with Crippen molar-refractivity contribution >= 4 is 0 Å². The fourth-order valence-electron chi connectivity index (χ4n) is 0. The summed E-state index contributed by atoms with van der Waals surface area (Å²) in [5, 5.41) is 36.0. The minimum atomic E-state index is 0. The van der Waals surface area contributed by atoms with E-state index in [1.807, 2.05) is 0 Å². The molecule has 15 heteroatoms. The Bertz CT molecular complexity index is 73.1. The Morgan fingerprint density at radius 2 is 0.533 bits per heavy atom. The van der Waals surface area contributed by atoms with Crippen LogP contribution in [0.3, 0.4) is 0 Å². The van der Waals surface area contributed by atoms with Crippen LogP contribution in [0.15, 0.2) is 21.4 Å². The van der Waals surface area contributed by atoms with Crippen LogP contribution in [0.1, 0.15) is 0 Å². The van der Waals surface area contributed by atoms with E-state index in [0.717, 1.165) is 21.4 Å². The molecule has 96 valence electrons. The molecule has 8 N–H and O–H groups in total. The van der Waals surface area contributed by atoms with Crippen molar-refractivity contribution in [2.24, 2.45) is 21.4 Å². The van der Waals surface area contributed by atoms with E-state index < -0.39 is 0 Å². The van der Waals surface area contributed by atoms with Crippen LogP contribution in [0.25, 0.3) is 0 Å². The first kappa shape index (κ1) is 51.2. The van der Waals surface area contributed by atoms with Crippen molar-refractivity contribution in [2.45, 2.75) is 0 Å². The van der Waals surface area contributed by atoms with Crippen LogP contribution in [0.4, 0.5) is 0 Å². The summed E-state index contributed by atoms with van der Waals surface area (Å²) in [6.45, 7) is 0. The molecular weight excluding hydrogens is 318 g/mol. The molecule has 0 aromatic heterocycles. The normalized spacial score (nSPS) is 3.20. The van der Waals surface area contributed by atoms with E-state index in [-0.39, 0.29) is 32.7 Å². The van der Waals surface area contributed by atoms with Crippen molar-refractivity contribution in [1.29, 1.82) is 0 Å². The number of nitrogens with zero attached hydrogens (tertiary/aromatic N) is 4. The zero-order valence-electron chi connectivity index (χ0n) is 7.37. The molecule has 0 saturated carbocycles. The summed E-state index contributed by atoms with van der Waals surface area (Å²) in [5.74, 6) is 0. The fourth-order valence-corrected chi connectivity index (χ4v) is 0. The van der Waals surface area contributed by atoms with Gasteiger partial charge in [-0.05, 0) is 0 Å². The first-order valence-electron chi connectivity index (χ1n) is 1.46. The van der Waals surface area contributed by atoms with Crippen molar-refractivity contribution in [3.05, 3.63) is 40.5 Å². The Kier molecular flexibility index (Phi) is 1090. The number of hydrogen-bond acceptors (Lipinski definition) is 12. The zero-order chi connectivity index (χ0) is 10.8. The van der Waals surface area contributed by atoms with E-state index in [1.165, 1.54) is 0 Å². The SMILES string of the molecule is O=N[O-].O=N[O-].O=N[O-].O=N[O-].[NH4+].[NH4+].[Pd+2]. The van der Waals surface area contributed by atoms with Gasteiger partial charge in [-0.3, -0.25) is 0 Å². The molecule has 0 aromatic carbocycles. The van der Waals surface area contributed by atoms with Crippen molar-refractivity contribution in [1.82, 2.24) is 12.3 Å². The minimum Gasteiger partial charge on any atom is -0.444 e. The minimum absolute atomic E-state index is 0. The molecule has 0 bridgehead atoms. The average Bonchev–Trinajstić information content (AvgIpc) is 1.92. The fraction of sp³-hybridized carbons (Fsp3) is 0. The van der Waals surface area contributed by atoms with Gasteiger partial charge in [-0.25, -0.2) is 0 Å². The average molecular weight is 327 g/mol. The first-order chi connectivity index (χ1) is 5.66. The summed E-state index contributed by atoms with van der Waals surface area (Å²) in [4.78, 5) is 32.0. The van der Waals surface area contributed by atoms with E-state index in [9.17, 15) is 0 Å². The summed E-state index contributed by atoms with van der Waals surface area (Å²) in [5.41, 5.74) is 0. The molecule has 0 aromatic rings. The van der Waals surface area contributed by atoms with E-state index in [2.05, 4.69) is 0 Å². The summed E-state index contributed by atoms with van der Waals surface area (Å²) < 4.78 is 0. The van der Waals surface area contributed by atoms with Crippen LogP contribution < -0.4 is 12.3 Å². The Hall–Kier alpha value is -1.82. The molecular formula is H8N6O8Pd. The molecule has 0 rings (SSSR count). The molecule has 0 fully saturated rings. The van der Waals surface area contributed by atoms with Gasteiger partial charge in [0.2, 0.25) is 0 Å². The molecule has 0 aliphatic carbocycles. The summed E-state index contributed by atoms with van der Waals surface area (Å²) in [6, 6.07) is 0. The Labute approximate surface area is 95.2 Å². The van der Waals surface area contributed by atoms with E-state index in [4.69, 9.17) is 40.5 Å². The molecule has 0 amide bonds. The van der Waals surface area contributed by atoms with Gasteiger partial charge in [-0.15, -0.1) is 21.4 Å². The van der Waals surface area contributed by atoms with E-state index >= 15 is 0 Å². The first-order valence-corrected chi connectivity index (χ1v) is 1.46. The van der Waals surface area contributed by atoms with Gasteiger partial charge in [0.25, 0.3) is 0 Å². The van der Waals surface area contributed by atoms with Gasteiger partial charge in [-0.2, -0.15) is 0 Å². The second-order valence-corrected chi connectivity index (χ2v) is 0.298. The zero-order valence-corrected chi connectivity index (χ0v) is 8.93. The van der Waals surface area contributed by atoms with Gasteiger partial charge >= 0.3 is 20.4 Å². The van der Waals surface area contributed by atoms with Gasteiger partial charge in [0, 0.05) is 0 Å². The molecule has 0 aliphatic rings. The predicted octanol–water partition coefficient (Wildman–Crippen LogP) is 1.75. The second kappa shape index (κ2) is 320. The quantitative estimate of drug-likeness (QED) is 0.374. The molecule has 0 radical (unpaired) electrons. The molecule has 0 saturated heterocycles. The number of hydrogen-bond donors (Lipinski definition) is 2. The van der Waals surface area contributed by atoms with Crippen molar-refractivity contribution in [3.8, 4) is 0 Å². The third-order valence-corrected chi connectivity index (χ3v) is 0. The topological polar surface area (TPSA) is 283 Å². The van der Waals surface area contributed by atoms with Crippen LogP contribution >= 0.6 is 0 Å². The van der Waals surface area contributed by atoms with Crippen molar-refractivity contribution < 1.29 is 20.4 Å². The Morgan fingerprint density at radius 1 is 0.533 bits per heavy atom. The third kappa shape index (κ3) is 382. The number of rotatable bonds is 0. The maximum atomic E-state index is 8.00. The predicted molar refractivity (Wildman–Crippen MR) is 48.6 cm³/mol.